The normalized spacial score (nSPS) is 12.6. The SMILES string of the molecule is C=CC(O)c1cc(Cl)nnc1Cl. The summed E-state index contributed by atoms with van der Waals surface area (Å²) >= 11 is 11.2. The summed E-state index contributed by atoms with van der Waals surface area (Å²) in [6, 6.07) is 1.45. The molecule has 0 bridgehead atoms. The molecule has 0 aliphatic heterocycles. The predicted molar refractivity (Wildman–Crippen MR) is 47.2 cm³/mol. The average molecular weight is 205 g/mol. The van der Waals surface area contributed by atoms with Gasteiger partial charge in [-0.05, 0) is 6.07 Å². The minimum atomic E-state index is -0.856. The molecule has 12 heavy (non-hydrogen) atoms. The Hall–Kier alpha value is -0.640. The van der Waals surface area contributed by atoms with Gasteiger partial charge in [-0.15, -0.1) is 16.8 Å². The molecule has 1 aromatic heterocycles. The fourth-order valence-corrected chi connectivity index (χ4v) is 1.06. The van der Waals surface area contributed by atoms with Gasteiger partial charge in [0.1, 0.15) is 6.10 Å². The Morgan fingerprint density at radius 3 is 2.75 bits per heavy atom. The number of hydrogen-bond acceptors (Lipinski definition) is 3. The van der Waals surface area contributed by atoms with Crippen LogP contribution in [0.25, 0.3) is 0 Å². The zero-order valence-corrected chi connectivity index (χ0v) is 7.55. The second-order valence-corrected chi connectivity index (χ2v) is 2.84. The first-order valence-corrected chi connectivity index (χ1v) is 3.90. The Labute approximate surface area is 79.6 Å². The molecular formula is C7H6Cl2N2O. The first-order valence-electron chi connectivity index (χ1n) is 3.14. The molecule has 0 aliphatic rings. The molecule has 5 heteroatoms. The third-order valence-corrected chi connectivity index (χ3v) is 1.77. The van der Waals surface area contributed by atoms with Crippen molar-refractivity contribution in [1.82, 2.24) is 10.2 Å². The summed E-state index contributed by atoms with van der Waals surface area (Å²) in [5, 5.41) is 16.6. The van der Waals surface area contributed by atoms with E-state index in [1.54, 1.807) is 0 Å². The van der Waals surface area contributed by atoms with Crippen molar-refractivity contribution in [3.63, 3.8) is 0 Å². The lowest BCUT2D eigenvalue weighted by atomic mass is 10.2. The smallest absolute Gasteiger partial charge is 0.157 e. The van der Waals surface area contributed by atoms with E-state index in [1.807, 2.05) is 0 Å². The molecule has 0 aromatic carbocycles. The summed E-state index contributed by atoms with van der Waals surface area (Å²) in [7, 11) is 0. The lowest BCUT2D eigenvalue weighted by molar-refractivity contribution is 0.228. The van der Waals surface area contributed by atoms with Gasteiger partial charge in [0.15, 0.2) is 10.3 Å². The number of hydrogen-bond donors (Lipinski definition) is 1. The highest BCUT2D eigenvalue weighted by Crippen LogP contribution is 2.22. The van der Waals surface area contributed by atoms with E-state index in [-0.39, 0.29) is 10.3 Å². The molecule has 0 saturated heterocycles. The molecule has 1 aromatic rings. The van der Waals surface area contributed by atoms with Gasteiger partial charge < -0.3 is 5.11 Å². The number of rotatable bonds is 2. The largest absolute Gasteiger partial charge is 0.384 e. The third-order valence-electron chi connectivity index (χ3n) is 1.29. The van der Waals surface area contributed by atoms with Gasteiger partial charge in [-0.25, -0.2) is 0 Å². The van der Waals surface area contributed by atoms with E-state index in [1.165, 1.54) is 12.1 Å². The highest BCUT2D eigenvalue weighted by atomic mass is 35.5. The Bertz CT molecular complexity index is 303. The van der Waals surface area contributed by atoms with E-state index in [0.29, 0.717) is 5.56 Å². The topological polar surface area (TPSA) is 46.0 Å². The fourth-order valence-electron chi connectivity index (χ4n) is 0.701. The number of nitrogens with zero attached hydrogens (tertiary/aromatic N) is 2. The van der Waals surface area contributed by atoms with Gasteiger partial charge in [0.05, 0.1) is 0 Å². The van der Waals surface area contributed by atoms with Gasteiger partial charge in [0.2, 0.25) is 0 Å². The van der Waals surface area contributed by atoms with Crippen LogP contribution in [-0.4, -0.2) is 15.3 Å². The van der Waals surface area contributed by atoms with Gasteiger partial charge in [-0.1, -0.05) is 29.3 Å². The highest BCUT2D eigenvalue weighted by molar-refractivity contribution is 6.31. The summed E-state index contributed by atoms with van der Waals surface area (Å²) in [6.07, 6.45) is 0.477. The quantitative estimate of drug-likeness (QED) is 0.751. The summed E-state index contributed by atoms with van der Waals surface area (Å²) in [4.78, 5) is 0. The monoisotopic (exact) mass is 204 g/mol. The van der Waals surface area contributed by atoms with Crippen LogP contribution in [-0.2, 0) is 0 Å². The van der Waals surface area contributed by atoms with Crippen LogP contribution in [0.2, 0.25) is 10.3 Å². The van der Waals surface area contributed by atoms with Crippen LogP contribution in [0.15, 0.2) is 18.7 Å². The van der Waals surface area contributed by atoms with Crippen molar-refractivity contribution < 1.29 is 5.11 Å². The van der Waals surface area contributed by atoms with Crippen LogP contribution in [0.1, 0.15) is 11.7 Å². The molecule has 0 aliphatic carbocycles. The summed E-state index contributed by atoms with van der Waals surface area (Å²) in [5.74, 6) is 0. The van der Waals surface area contributed by atoms with E-state index in [9.17, 15) is 5.11 Å². The van der Waals surface area contributed by atoms with Crippen molar-refractivity contribution in [1.29, 1.82) is 0 Å². The van der Waals surface area contributed by atoms with Gasteiger partial charge in [-0.3, -0.25) is 0 Å². The minimum absolute atomic E-state index is 0.131. The molecule has 1 atom stereocenters. The van der Waals surface area contributed by atoms with Crippen LogP contribution in [0.4, 0.5) is 0 Å². The van der Waals surface area contributed by atoms with Crippen LogP contribution in [0, 0.1) is 0 Å². The Morgan fingerprint density at radius 1 is 1.50 bits per heavy atom. The first-order chi connectivity index (χ1) is 5.65. The van der Waals surface area contributed by atoms with Crippen molar-refractivity contribution >= 4 is 23.2 Å². The number of aromatic nitrogens is 2. The summed E-state index contributed by atoms with van der Waals surface area (Å²) in [6.45, 7) is 3.41. The van der Waals surface area contributed by atoms with Crippen molar-refractivity contribution in [3.8, 4) is 0 Å². The van der Waals surface area contributed by atoms with Crippen LogP contribution >= 0.6 is 23.2 Å². The second-order valence-electron chi connectivity index (χ2n) is 2.09. The van der Waals surface area contributed by atoms with E-state index < -0.39 is 6.10 Å². The molecule has 1 unspecified atom stereocenters. The predicted octanol–water partition coefficient (Wildman–Crippen LogP) is 2.00. The van der Waals surface area contributed by atoms with E-state index in [4.69, 9.17) is 23.2 Å². The molecule has 3 nitrogen and oxygen atoms in total. The average Bonchev–Trinajstić information content (AvgIpc) is 2.08. The van der Waals surface area contributed by atoms with Crippen LogP contribution in [0.3, 0.4) is 0 Å². The van der Waals surface area contributed by atoms with Gasteiger partial charge in [-0.2, -0.15) is 0 Å². The molecule has 1 heterocycles. The summed E-state index contributed by atoms with van der Waals surface area (Å²) in [5.41, 5.74) is 0.409. The zero-order chi connectivity index (χ0) is 9.14. The molecule has 0 amide bonds. The van der Waals surface area contributed by atoms with Gasteiger partial charge in [0, 0.05) is 5.56 Å². The van der Waals surface area contributed by atoms with Crippen molar-refractivity contribution in [2.45, 2.75) is 6.10 Å². The maximum absolute atomic E-state index is 9.31. The Morgan fingerprint density at radius 2 is 2.17 bits per heavy atom. The zero-order valence-electron chi connectivity index (χ0n) is 6.04. The van der Waals surface area contributed by atoms with E-state index in [2.05, 4.69) is 16.8 Å². The van der Waals surface area contributed by atoms with Gasteiger partial charge in [0.25, 0.3) is 0 Å². The number of aliphatic hydroxyl groups is 1. The molecule has 64 valence electrons. The fraction of sp³-hybridized carbons (Fsp3) is 0.143. The van der Waals surface area contributed by atoms with Crippen molar-refractivity contribution in [2.24, 2.45) is 0 Å². The molecule has 0 radical (unpaired) electrons. The van der Waals surface area contributed by atoms with E-state index in [0.717, 1.165) is 0 Å². The summed E-state index contributed by atoms with van der Waals surface area (Å²) < 4.78 is 0. The first kappa shape index (κ1) is 9.45. The maximum atomic E-state index is 9.31. The molecule has 0 saturated carbocycles. The second kappa shape index (κ2) is 3.85. The van der Waals surface area contributed by atoms with Gasteiger partial charge >= 0.3 is 0 Å². The Kier molecular flexibility index (Phi) is 3.03. The van der Waals surface area contributed by atoms with Crippen LogP contribution < -0.4 is 0 Å². The highest BCUT2D eigenvalue weighted by Gasteiger charge is 2.10. The molecular weight excluding hydrogens is 199 g/mol. The minimum Gasteiger partial charge on any atom is -0.384 e. The van der Waals surface area contributed by atoms with Crippen LogP contribution in [0.5, 0.6) is 0 Å². The molecule has 1 N–H and O–H groups in total. The maximum Gasteiger partial charge on any atom is 0.157 e. The third kappa shape index (κ3) is 1.94. The van der Waals surface area contributed by atoms with Crippen molar-refractivity contribution in [2.75, 3.05) is 0 Å². The standard InChI is InChI=1S/C7H6Cl2N2O/c1-2-5(12)4-3-6(8)10-11-7(4)9/h2-3,5,12H,1H2. The number of aliphatic hydroxyl groups excluding tert-OH is 1. The molecule has 0 fully saturated rings. The lowest BCUT2D eigenvalue weighted by Crippen LogP contribution is -1.97. The number of halogens is 2. The molecule has 1 rings (SSSR count). The Balaban J connectivity index is 3.12. The molecule has 0 spiro atoms. The van der Waals surface area contributed by atoms with Crippen molar-refractivity contribution in [3.05, 3.63) is 34.6 Å². The van der Waals surface area contributed by atoms with E-state index >= 15 is 0 Å². The lowest BCUT2D eigenvalue weighted by Gasteiger charge is -2.05.